The van der Waals surface area contributed by atoms with Crippen molar-refractivity contribution in [2.45, 2.75) is 12.5 Å². The summed E-state index contributed by atoms with van der Waals surface area (Å²) in [5.41, 5.74) is 5.11. The first kappa shape index (κ1) is 12.5. The average molecular weight is 274 g/mol. The number of para-hydroxylation sites is 1. The lowest BCUT2D eigenvalue weighted by Crippen LogP contribution is -2.31. The molecule has 2 aromatic carbocycles. The third-order valence-electron chi connectivity index (χ3n) is 4.34. The number of benzene rings is 2. The second kappa shape index (κ2) is 4.97. The van der Waals surface area contributed by atoms with Crippen LogP contribution >= 0.6 is 0 Å². The molecule has 0 saturated heterocycles. The summed E-state index contributed by atoms with van der Waals surface area (Å²) < 4.78 is 0. The second-order valence-corrected chi connectivity index (χ2v) is 5.88. The Balaban J connectivity index is 1.84. The maximum absolute atomic E-state index is 4.91. The topological polar surface area (TPSA) is 16.1 Å². The molecule has 1 atom stereocenters. The second-order valence-electron chi connectivity index (χ2n) is 5.88. The lowest BCUT2D eigenvalue weighted by molar-refractivity contribution is 0.293. The van der Waals surface area contributed by atoms with E-state index in [-0.39, 0.29) is 0 Å². The summed E-state index contributed by atoms with van der Waals surface area (Å²) in [6.45, 7) is 2.06. The van der Waals surface area contributed by atoms with E-state index in [1.54, 1.807) is 0 Å². The van der Waals surface area contributed by atoms with Crippen molar-refractivity contribution in [3.63, 3.8) is 0 Å². The Bertz CT molecular complexity index is 794. The molecule has 104 valence electrons. The number of likely N-dealkylation sites (N-methyl/N-ethyl adjacent to an activating group) is 1. The average Bonchev–Trinajstić information content (AvgIpc) is 2.53. The largest absolute Gasteiger partial charge is 0.301 e. The molecule has 2 heterocycles. The molecule has 0 unspecified atom stereocenters. The van der Waals surface area contributed by atoms with Crippen LogP contribution in [0.1, 0.15) is 22.7 Å². The number of hydrogen-bond donors (Lipinski definition) is 0. The number of aromatic nitrogens is 1. The van der Waals surface area contributed by atoms with Gasteiger partial charge in [-0.1, -0.05) is 48.5 Å². The Kier molecular flexibility index (Phi) is 2.97. The molecule has 0 amide bonds. The van der Waals surface area contributed by atoms with Gasteiger partial charge in [0.2, 0.25) is 0 Å². The zero-order valence-corrected chi connectivity index (χ0v) is 12.2. The first-order valence-electron chi connectivity index (χ1n) is 7.43. The highest BCUT2D eigenvalue weighted by atomic mass is 15.1. The Labute approximate surface area is 125 Å². The van der Waals surface area contributed by atoms with Crippen molar-refractivity contribution in [3.8, 4) is 0 Å². The summed E-state index contributed by atoms with van der Waals surface area (Å²) in [4.78, 5) is 7.28. The summed E-state index contributed by atoms with van der Waals surface area (Å²) in [5, 5.41) is 1.21. The van der Waals surface area contributed by atoms with Crippen LogP contribution in [0, 0.1) is 0 Å². The van der Waals surface area contributed by atoms with E-state index >= 15 is 0 Å². The molecular formula is C19H18N2. The summed E-state index contributed by atoms with van der Waals surface area (Å²) in [7, 11) is 2.18. The molecule has 1 aromatic heterocycles. The van der Waals surface area contributed by atoms with Crippen molar-refractivity contribution >= 4 is 10.9 Å². The fourth-order valence-electron chi connectivity index (χ4n) is 3.31. The molecular weight excluding hydrogens is 256 g/mol. The highest BCUT2D eigenvalue weighted by Gasteiger charge is 2.25. The van der Waals surface area contributed by atoms with E-state index in [0.717, 1.165) is 18.6 Å². The van der Waals surface area contributed by atoms with Crippen LogP contribution in [0.2, 0.25) is 0 Å². The molecule has 0 saturated carbocycles. The van der Waals surface area contributed by atoms with Gasteiger partial charge in [0.1, 0.15) is 0 Å². The van der Waals surface area contributed by atoms with Gasteiger partial charge in [0, 0.05) is 30.1 Å². The van der Waals surface area contributed by atoms with Crippen molar-refractivity contribution in [1.29, 1.82) is 0 Å². The molecule has 0 aliphatic carbocycles. The SMILES string of the molecule is CN1Cc2ccccc2[C@H](c2ccc3ccccc3n2)C1. The molecule has 0 radical (unpaired) electrons. The summed E-state index contributed by atoms with van der Waals surface area (Å²) in [5.74, 6) is 0.365. The van der Waals surface area contributed by atoms with Gasteiger partial charge in [0.15, 0.2) is 0 Å². The zero-order chi connectivity index (χ0) is 14.2. The number of rotatable bonds is 1. The van der Waals surface area contributed by atoms with Gasteiger partial charge in [0.05, 0.1) is 5.52 Å². The van der Waals surface area contributed by atoms with Gasteiger partial charge in [-0.05, 0) is 30.3 Å². The van der Waals surface area contributed by atoms with Gasteiger partial charge < -0.3 is 4.90 Å². The first-order chi connectivity index (χ1) is 10.3. The van der Waals surface area contributed by atoms with Crippen LogP contribution in [-0.4, -0.2) is 23.5 Å². The smallest absolute Gasteiger partial charge is 0.0705 e. The molecule has 0 fully saturated rings. The summed E-state index contributed by atoms with van der Waals surface area (Å²) >= 11 is 0. The van der Waals surface area contributed by atoms with E-state index in [4.69, 9.17) is 4.98 Å². The minimum atomic E-state index is 0.365. The maximum Gasteiger partial charge on any atom is 0.0705 e. The molecule has 0 bridgehead atoms. The minimum Gasteiger partial charge on any atom is -0.301 e. The van der Waals surface area contributed by atoms with E-state index in [1.165, 1.54) is 22.2 Å². The van der Waals surface area contributed by atoms with E-state index < -0.39 is 0 Å². The lowest BCUT2D eigenvalue weighted by Gasteiger charge is -2.32. The van der Waals surface area contributed by atoms with E-state index in [1.807, 2.05) is 0 Å². The fraction of sp³-hybridized carbons (Fsp3) is 0.211. The van der Waals surface area contributed by atoms with Crippen molar-refractivity contribution in [3.05, 3.63) is 77.5 Å². The molecule has 1 aliphatic rings. The fourth-order valence-corrected chi connectivity index (χ4v) is 3.31. The minimum absolute atomic E-state index is 0.365. The van der Waals surface area contributed by atoms with Crippen LogP contribution in [0.5, 0.6) is 0 Å². The quantitative estimate of drug-likeness (QED) is 0.671. The third kappa shape index (κ3) is 2.22. The maximum atomic E-state index is 4.91. The monoisotopic (exact) mass is 274 g/mol. The Morgan fingerprint density at radius 3 is 2.71 bits per heavy atom. The van der Waals surface area contributed by atoms with Crippen LogP contribution in [0.15, 0.2) is 60.7 Å². The number of hydrogen-bond acceptors (Lipinski definition) is 2. The van der Waals surface area contributed by atoms with E-state index in [2.05, 4.69) is 72.6 Å². The standard InChI is InChI=1S/C19H18N2/c1-21-12-15-7-2-4-8-16(15)17(13-21)19-11-10-14-6-3-5-9-18(14)20-19/h2-11,17H,12-13H2,1H3/t17-/m1/s1. The van der Waals surface area contributed by atoms with Gasteiger partial charge in [-0.3, -0.25) is 4.98 Å². The van der Waals surface area contributed by atoms with Crippen LogP contribution in [-0.2, 0) is 6.54 Å². The summed E-state index contributed by atoms with van der Waals surface area (Å²) in [6.07, 6.45) is 0. The Morgan fingerprint density at radius 2 is 1.76 bits per heavy atom. The zero-order valence-electron chi connectivity index (χ0n) is 12.2. The van der Waals surface area contributed by atoms with Crippen LogP contribution in [0.3, 0.4) is 0 Å². The van der Waals surface area contributed by atoms with Gasteiger partial charge in [-0.15, -0.1) is 0 Å². The van der Waals surface area contributed by atoms with Crippen LogP contribution < -0.4 is 0 Å². The normalized spacial score (nSPS) is 18.6. The lowest BCUT2D eigenvalue weighted by atomic mass is 9.87. The Hall–Kier alpha value is -2.19. The van der Waals surface area contributed by atoms with Gasteiger partial charge >= 0.3 is 0 Å². The van der Waals surface area contributed by atoms with Gasteiger partial charge in [-0.25, -0.2) is 0 Å². The first-order valence-corrected chi connectivity index (χ1v) is 7.43. The van der Waals surface area contributed by atoms with Gasteiger partial charge in [0.25, 0.3) is 0 Å². The van der Waals surface area contributed by atoms with Crippen molar-refractivity contribution in [2.24, 2.45) is 0 Å². The number of pyridine rings is 1. The van der Waals surface area contributed by atoms with Crippen LogP contribution in [0.4, 0.5) is 0 Å². The van der Waals surface area contributed by atoms with Crippen molar-refractivity contribution in [2.75, 3.05) is 13.6 Å². The van der Waals surface area contributed by atoms with Crippen LogP contribution in [0.25, 0.3) is 10.9 Å². The van der Waals surface area contributed by atoms with Crippen molar-refractivity contribution < 1.29 is 0 Å². The molecule has 3 aromatic rings. The number of nitrogens with zero attached hydrogens (tertiary/aromatic N) is 2. The van der Waals surface area contributed by atoms with Crippen molar-refractivity contribution in [1.82, 2.24) is 9.88 Å². The summed E-state index contributed by atoms with van der Waals surface area (Å²) in [6, 6.07) is 21.5. The molecule has 0 spiro atoms. The molecule has 2 heteroatoms. The molecule has 0 N–H and O–H groups in total. The third-order valence-corrected chi connectivity index (χ3v) is 4.34. The number of fused-ring (bicyclic) bond motifs is 2. The van der Waals surface area contributed by atoms with E-state index in [9.17, 15) is 0 Å². The highest BCUT2D eigenvalue weighted by molar-refractivity contribution is 5.78. The van der Waals surface area contributed by atoms with E-state index in [0.29, 0.717) is 5.92 Å². The Morgan fingerprint density at radius 1 is 0.952 bits per heavy atom. The predicted octanol–water partition coefficient (Wildman–Crippen LogP) is 3.81. The predicted molar refractivity (Wildman–Crippen MR) is 86.4 cm³/mol. The molecule has 4 rings (SSSR count). The molecule has 21 heavy (non-hydrogen) atoms. The molecule has 2 nitrogen and oxygen atoms in total. The highest BCUT2D eigenvalue weighted by Crippen LogP contribution is 2.32. The van der Waals surface area contributed by atoms with Gasteiger partial charge in [-0.2, -0.15) is 0 Å². The molecule has 1 aliphatic heterocycles.